The second-order valence-electron chi connectivity index (χ2n) is 7.43. The van der Waals surface area contributed by atoms with Gasteiger partial charge < -0.3 is 19.9 Å². The number of benzene rings is 2. The number of aryl methyl sites for hydroxylation is 1. The molecule has 0 spiro atoms. The van der Waals surface area contributed by atoms with Gasteiger partial charge in [0.15, 0.2) is 0 Å². The number of amides is 2. The predicted octanol–water partition coefficient (Wildman–Crippen LogP) is 4.35. The van der Waals surface area contributed by atoms with E-state index in [1.807, 2.05) is 49.4 Å². The van der Waals surface area contributed by atoms with Gasteiger partial charge in [0.1, 0.15) is 6.54 Å². The number of esters is 1. The number of ether oxygens (including phenoxy) is 1. The number of carbonyl (C=O) groups excluding carboxylic acids is 2. The van der Waals surface area contributed by atoms with E-state index in [0.717, 1.165) is 27.7 Å². The zero-order chi connectivity index (χ0) is 21.3. The second-order valence-corrected chi connectivity index (χ2v) is 7.86. The molecule has 3 aromatic rings. The summed E-state index contributed by atoms with van der Waals surface area (Å²) in [5.41, 5.74) is 5.30. The minimum absolute atomic E-state index is 0.154. The standard InChI is InChI=1S/C23H24ClN3O3/c1-3-30-20(28)13-25-23(29)27-11-10-17-18-12-16(24)8-9-19(18)26-21(17)22(27)15-6-4-14(2)5-7-15/h4-9,12,22,26H,3,10-11,13H2,1-2H3,(H,25,29)/t22-/m1/s1. The number of nitrogens with zero attached hydrogens (tertiary/aromatic N) is 1. The summed E-state index contributed by atoms with van der Waals surface area (Å²) in [5, 5.41) is 4.47. The number of aromatic nitrogens is 1. The lowest BCUT2D eigenvalue weighted by Gasteiger charge is -2.36. The summed E-state index contributed by atoms with van der Waals surface area (Å²) < 4.78 is 4.92. The molecule has 0 aliphatic carbocycles. The third-order valence-electron chi connectivity index (χ3n) is 5.43. The SMILES string of the molecule is CCOC(=O)CNC(=O)N1CCc2c([nH]c3ccc(Cl)cc23)[C@H]1c1ccc(C)cc1. The summed E-state index contributed by atoms with van der Waals surface area (Å²) in [6.45, 7) is 4.43. The van der Waals surface area contributed by atoms with E-state index in [4.69, 9.17) is 16.3 Å². The number of aromatic amines is 1. The molecule has 0 bridgehead atoms. The van der Waals surface area contributed by atoms with Crippen molar-refractivity contribution in [1.29, 1.82) is 0 Å². The van der Waals surface area contributed by atoms with Crippen LogP contribution < -0.4 is 5.32 Å². The highest BCUT2D eigenvalue weighted by Crippen LogP contribution is 2.39. The van der Waals surface area contributed by atoms with Gasteiger partial charge in [-0.15, -0.1) is 0 Å². The monoisotopic (exact) mass is 425 g/mol. The van der Waals surface area contributed by atoms with Crippen LogP contribution in [-0.2, 0) is 16.0 Å². The van der Waals surface area contributed by atoms with Crippen LogP contribution in [0.3, 0.4) is 0 Å². The molecule has 6 nitrogen and oxygen atoms in total. The first-order valence-corrected chi connectivity index (χ1v) is 10.4. The molecule has 4 rings (SSSR count). The van der Waals surface area contributed by atoms with Gasteiger partial charge in [-0.3, -0.25) is 4.79 Å². The van der Waals surface area contributed by atoms with Crippen LogP contribution in [0.5, 0.6) is 0 Å². The molecule has 30 heavy (non-hydrogen) atoms. The topological polar surface area (TPSA) is 74.4 Å². The van der Waals surface area contributed by atoms with Crippen LogP contribution in [0.15, 0.2) is 42.5 Å². The number of halogens is 1. The van der Waals surface area contributed by atoms with Gasteiger partial charge in [-0.25, -0.2) is 4.79 Å². The molecule has 2 amide bonds. The maximum atomic E-state index is 13.0. The number of rotatable bonds is 4. The number of H-pyrrole nitrogens is 1. The van der Waals surface area contributed by atoms with Crippen molar-refractivity contribution in [3.05, 3.63) is 69.9 Å². The van der Waals surface area contributed by atoms with Crippen molar-refractivity contribution in [3.8, 4) is 0 Å². The van der Waals surface area contributed by atoms with E-state index >= 15 is 0 Å². The zero-order valence-electron chi connectivity index (χ0n) is 17.0. The average molecular weight is 426 g/mol. The molecule has 0 unspecified atom stereocenters. The third kappa shape index (κ3) is 3.87. The van der Waals surface area contributed by atoms with E-state index < -0.39 is 5.97 Å². The first-order chi connectivity index (χ1) is 14.5. The highest BCUT2D eigenvalue weighted by molar-refractivity contribution is 6.31. The summed E-state index contributed by atoms with van der Waals surface area (Å²) in [4.78, 5) is 30.0. The lowest BCUT2D eigenvalue weighted by atomic mass is 9.92. The second kappa shape index (κ2) is 8.40. The Morgan fingerprint density at radius 2 is 2.00 bits per heavy atom. The van der Waals surface area contributed by atoms with Crippen molar-refractivity contribution in [1.82, 2.24) is 15.2 Å². The van der Waals surface area contributed by atoms with E-state index in [1.54, 1.807) is 11.8 Å². The first-order valence-electron chi connectivity index (χ1n) is 10.0. The number of urea groups is 1. The number of nitrogens with one attached hydrogen (secondary N) is 2. The quantitative estimate of drug-likeness (QED) is 0.610. The molecule has 0 fully saturated rings. The molecule has 156 valence electrons. The molecule has 1 atom stereocenters. The van der Waals surface area contributed by atoms with E-state index in [2.05, 4.69) is 10.3 Å². The molecule has 7 heteroatoms. The van der Waals surface area contributed by atoms with Crippen LogP contribution in [0.25, 0.3) is 10.9 Å². The number of hydrogen-bond acceptors (Lipinski definition) is 3. The maximum Gasteiger partial charge on any atom is 0.325 e. The Kier molecular flexibility index (Phi) is 5.68. The summed E-state index contributed by atoms with van der Waals surface area (Å²) in [5.74, 6) is -0.448. The third-order valence-corrected chi connectivity index (χ3v) is 5.67. The van der Waals surface area contributed by atoms with E-state index in [-0.39, 0.29) is 25.2 Å². The van der Waals surface area contributed by atoms with E-state index in [0.29, 0.717) is 18.0 Å². The molecule has 2 heterocycles. The van der Waals surface area contributed by atoms with Gasteiger partial charge in [0.25, 0.3) is 0 Å². The Morgan fingerprint density at radius 3 is 2.73 bits per heavy atom. The largest absolute Gasteiger partial charge is 0.465 e. The fraction of sp³-hybridized carbons (Fsp3) is 0.304. The van der Waals surface area contributed by atoms with E-state index in [1.165, 1.54) is 5.56 Å². The highest BCUT2D eigenvalue weighted by Gasteiger charge is 2.34. The lowest BCUT2D eigenvalue weighted by molar-refractivity contribution is -0.141. The number of fused-ring (bicyclic) bond motifs is 3. The summed E-state index contributed by atoms with van der Waals surface area (Å²) in [7, 11) is 0. The summed E-state index contributed by atoms with van der Waals surface area (Å²) in [6.07, 6.45) is 0.699. The Labute approximate surface area is 180 Å². The van der Waals surface area contributed by atoms with Gasteiger partial charge in [0, 0.05) is 28.2 Å². The molecule has 2 aromatic carbocycles. The molecule has 1 aliphatic rings. The molecular weight excluding hydrogens is 402 g/mol. The first kappa shape index (κ1) is 20.3. The van der Waals surface area contributed by atoms with Crippen molar-refractivity contribution >= 4 is 34.5 Å². The van der Waals surface area contributed by atoms with Crippen LogP contribution in [-0.4, -0.2) is 41.6 Å². The molecule has 0 radical (unpaired) electrons. The van der Waals surface area contributed by atoms with Crippen molar-refractivity contribution < 1.29 is 14.3 Å². The zero-order valence-corrected chi connectivity index (χ0v) is 17.8. The Morgan fingerprint density at radius 1 is 1.23 bits per heavy atom. The predicted molar refractivity (Wildman–Crippen MR) is 117 cm³/mol. The lowest BCUT2D eigenvalue weighted by Crippen LogP contribution is -2.47. The van der Waals surface area contributed by atoms with Gasteiger partial charge >= 0.3 is 12.0 Å². The normalized spacial score (nSPS) is 15.7. The van der Waals surface area contributed by atoms with Crippen LogP contribution in [0, 0.1) is 6.92 Å². The number of carbonyl (C=O) groups is 2. The Hall–Kier alpha value is -2.99. The minimum atomic E-state index is -0.448. The van der Waals surface area contributed by atoms with Gasteiger partial charge in [0.05, 0.1) is 12.6 Å². The molecule has 0 saturated carbocycles. The molecule has 2 N–H and O–H groups in total. The Balaban J connectivity index is 1.72. The van der Waals surface area contributed by atoms with Crippen LogP contribution in [0.1, 0.15) is 35.3 Å². The van der Waals surface area contributed by atoms with Crippen LogP contribution >= 0.6 is 11.6 Å². The van der Waals surface area contributed by atoms with Crippen LogP contribution in [0.4, 0.5) is 4.79 Å². The Bertz CT molecular complexity index is 1090. The van der Waals surface area contributed by atoms with Gasteiger partial charge in [-0.05, 0) is 49.6 Å². The highest BCUT2D eigenvalue weighted by atomic mass is 35.5. The smallest absolute Gasteiger partial charge is 0.325 e. The molecule has 0 saturated heterocycles. The minimum Gasteiger partial charge on any atom is -0.465 e. The van der Waals surface area contributed by atoms with Gasteiger partial charge in [-0.2, -0.15) is 0 Å². The van der Waals surface area contributed by atoms with Gasteiger partial charge in [0.2, 0.25) is 0 Å². The van der Waals surface area contributed by atoms with Crippen molar-refractivity contribution in [2.24, 2.45) is 0 Å². The fourth-order valence-corrected chi connectivity index (χ4v) is 4.21. The van der Waals surface area contributed by atoms with E-state index in [9.17, 15) is 9.59 Å². The fourth-order valence-electron chi connectivity index (χ4n) is 4.04. The van der Waals surface area contributed by atoms with Crippen molar-refractivity contribution in [3.63, 3.8) is 0 Å². The molecular formula is C23H24ClN3O3. The summed E-state index contributed by atoms with van der Waals surface area (Å²) in [6, 6.07) is 13.4. The van der Waals surface area contributed by atoms with Crippen molar-refractivity contribution in [2.45, 2.75) is 26.3 Å². The maximum absolute atomic E-state index is 13.0. The molecule has 1 aliphatic heterocycles. The van der Waals surface area contributed by atoms with Crippen LogP contribution in [0.2, 0.25) is 5.02 Å². The number of hydrogen-bond donors (Lipinski definition) is 2. The molecule has 1 aromatic heterocycles. The summed E-state index contributed by atoms with van der Waals surface area (Å²) >= 11 is 6.23. The van der Waals surface area contributed by atoms with Gasteiger partial charge in [-0.1, -0.05) is 41.4 Å². The average Bonchev–Trinajstić information content (AvgIpc) is 3.10. The van der Waals surface area contributed by atoms with Crippen molar-refractivity contribution in [2.75, 3.05) is 19.7 Å².